The largest absolute Gasteiger partial charge is 0.494 e. The van der Waals surface area contributed by atoms with E-state index in [1.807, 2.05) is 35.4 Å². The molecule has 1 saturated heterocycles. The number of nitrogens with one attached hydrogen (secondary N) is 1. The van der Waals surface area contributed by atoms with Gasteiger partial charge in [0, 0.05) is 19.2 Å². The summed E-state index contributed by atoms with van der Waals surface area (Å²) in [6.07, 6.45) is 10.5. The number of hydrogen-bond acceptors (Lipinski definition) is 3. The van der Waals surface area contributed by atoms with Gasteiger partial charge in [-0.25, -0.2) is 5.01 Å². The van der Waals surface area contributed by atoms with Crippen molar-refractivity contribution in [1.82, 2.24) is 10.4 Å². The number of hydrogen-bond donors (Lipinski definition) is 1. The monoisotopic (exact) mass is 316 g/mol. The van der Waals surface area contributed by atoms with Gasteiger partial charge in [0.25, 0.3) is 5.91 Å². The smallest absolute Gasteiger partial charge is 0.258 e. The molecular weight excluding hydrogens is 288 g/mol. The molecular formula is C19H28N2O2. The Kier molecular flexibility index (Phi) is 7.67. The molecule has 0 bridgehead atoms. The quantitative estimate of drug-likeness (QED) is 0.586. The summed E-state index contributed by atoms with van der Waals surface area (Å²) in [6.45, 7) is 4.84. The average molecular weight is 316 g/mol. The Bertz CT molecular complexity index is 491. The first-order valence-electron chi connectivity index (χ1n) is 8.74. The molecule has 126 valence electrons. The van der Waals surface area contributed by atoms with Gasteiger partial charge < -0.3 is 4.74 Å². The van der Waals surface area contributed by atoms with E-state index >= 15 is 0 Å². The average Bonchev–Trinajstić information content (AvgIpc) is 2.59. The highest BCUT2D eigenvalue weighted by molar-refractivity contribution is 5.91. The predicted molar refractivity (Wildman–Crippen MR) is 94.1 cm³/mol. The Hall–Kier alpha value is -1.81. The lowest BCUT2D eigenvalue weighted by atomic mass is 10.2. The number of unbranched alkanes of at least 4 members (excludes halogenated alkanes) is 2. The third-order valence-electron chi connectivity index (χ3n) is 3.95. The van der Waals surface area contributed by atoms with Crippen molar-refractivity contribution in [2.75, 3.05) is 19.7 Å². The highest BCUT2D eigenvalue weighted by Crippen LogP contribution is 2.14. The zero-order chi connectivity index (χ0) is 16.3. The Balaban J connectivity index is 1.74. The molecule has 0 radical (unpaired) electrons. The Morgan fingerprint density at radius 1 is 1.17 bits per heavy atom. The number of carbonyl (C=O) groups is 1. The normalized spacial score (nSPS) is 15.7. The van der Waals surface area contributed by atoms with Gasteiger partial charge in [0.2, 0.25) is 0 Å². The molecule has 1 amide bonds. The predicted octanol–water partition coefficient (Wildman–Crippen LogP) is 3.79. The van der Waals surface area contributed by atoms with Gasteiger partial charge >= 0.3 is 0 Å². The second kappa shape index (κ2) is 10.1. The topological polar surface area (TPSA) is 41.6 Å². The first kappa shape index (κ1) is 17.5. The molecule has 0 unspecified atom stereocenters. The second-order valence-corrected chi connectivity index (χ2v) is 5.98. The van der Waals surface area contributed by atoms with E-state index in [1.54, 1.807) is 6.08 Å². The van der Waals surface area contributed by atoms with E-state index in [-0.39, 0.29) is 5.91 Å². The molecule has 0 saturated carbocycles. The van der Waals surface area contributed by atoms with Crippen LogP contribution in [0, 0.1) is 0 Å². The molecule has 0 aromatic heterocycles. The molecule has 1 aliphatic rings. The lowest BCUT2D eigenvalue weighted by molar-refractivity contribution is -0.121. The Labute approximate surface area is 139 Å². The van der Waals surface area contributed by atoms with E-state index in [2.05, 4.69) is 12.3 Å². The lowest BCUT2D eigenvalue weighted by Gasteiger charge is -2.26. The number of carbonyl (C=O) groups excluding carboxylic acids is 1. The first-order chi connectivity index (χ1) is 11.3. The Morgan fingerprint density at radius 2 is 1.91 bits per heavy atom. The maximum atomic E-state index is 11.9. The number of ether oxygens (including phenoxy) is 1. The van der Waals surface area contributed by atoms with Crippen molar-refractivity contribution in [2.45, 2.75) is 45.4 Å². The molecule has 23 heavy (non-hydrogen) atoms. The summed E-state index contributed by atoms with van der Waals surface area (Å²) in [5.41, 5.74) is 3.92. The highest BCUT2D eigenvalue weighted by Gasteiger charge is 2.10. The molecule has 2 rings (SSSR count). The van der Waals surface area contributed by atoms with E-state index in [0.29, 0.717) is 0 Å². The fraction of sp³-hybridized carbons (Fsp3) is 0.526. The molecule has 1 fully saturated rings. The molecule has 4 nitrogen and oxygen atoms in total. The van der Waals surface area contributed by atoms with Crippen LogP contribution < -0.4 is 10.2 Å². The third kappa shape index (κ3) is 6.87. The van der Waals surface area contributed by atoms with E-state index in [4.69, 9.17) is 4.74 Å². The summed E-state index contributed by atoms with van der Waals surface area (Å²) in [5.74, 6) is 0.822. The van der Waals surface area contributed by atoms with Crippen molar-refractivity contribution < 1.29 is 9.53 Å². The summed E-state index contributed by atoms with van der Waals surface area (Å²) in [7, 11) is 0. The van der Waals surface area contributed by atoms with Gasteiger partial charge in [0.15, 0.2) is 0 Å². The molecule has 0 spiro atoms. The number of amides is 1. The van der Waals surface area contributed by atoms with E-state index in [1.165, 1.54) is 19.3 Å². The summed E-state index contributed by atoms with van der Waals surface area (Å²) in [6, 6.07) is 7.85. The van der Waals surface area contributed by atoms with Gasteiger partial charge in [0.05, 0.1) is 6.61 Å². The molecule has 0 atom stereocenters. The zero-order valence-corrected chi connectivity index (χ0v) is 14.1. The number of rotatable bonds is 8. The van der Waals surface area contributed by atoms with Crippen LogP contribution in [0.4, 0.5) is 0 Å². The van der Waals surface area contributed by atoms with Gasteiger partial charge in [-0.05, 0) is 43.0 Å². The van der Waals surface area contributed by atoms with E-state index in [0.717, 1.165) is 50.3 Å². The van der Waals surface area contributed by atoms with E-state index < -0.39 is 0 Å². The first-order valence-corrected chi connectivity index (χ1v) is 8.74. The van der Waals surface area contributed by atoms with Gasteiger partial charge in [-0.2, -0.15) is 0 Å². The molecule has 1 aliphatic heterocycles. The van der Waals surface area contributed by atoms with Crippen molar-refractivity contribution in [3.63, 3.8) is 0 Å². The highest BCUT2D eigenvalue weighted by atomic mass is 16.5. The number of hydrazine groups is 1. The molecule has 0 aliphatic carbocycles. The van der Waals surface area contributed by atoms with E-state index in [9.17, 15) is 4.79 Å². The molecule has 1 aromatic rings. The van der Waals surface area contributed by atoms with Crippen molar-refractivity contribution >= 4 is 12.0 Å². The van der Waals surface area contributed by atoms with Gasteiger partial charge in [0.1, 0.15) is 5.75 Å². The lowest BCUT2D eigenvalue weighted by Crippen LogP contribution is -2.44. The fourth-order valence-corrected chi connectivity index (χ4v) is 2.59. The van der Waals surface area contributed by atoms with Crippen molar-refractivity contribution in [2.24, 2.45) is 0 Å². The Morgan fingerprint density at radius 3 is 2.61 bits per heavy atom. The van der Waals surface area contributed by atoms with Gasteiger partial charge in [-0.1, -0.05) is 38.3 Å². The van der Waals surface area contributed by atoms with Crippen LogP contribution in [0.3, 0.4) is 0 Å². The van der Waals surface area contributed by atoms with Crippen molar-refractivity contribution in [1.29, 1.82) is 0 Å². The van der Waals surface area contributed by atoms with Gasteiger partial charge in [-0.15, -0.1) is 0 Å². The summed E-state index contributed by atoms with van der Waals surface area (Å²) < 4.78 is 5.68. The van der Waals surface area contributed by atoms with Crippen LogP contribution in [0.15, 0.2) is 30.3 Å². The second-order valence-electron chi connectivity index (χ2n) is 5.98. The third-order valence-corrected chi connectivity index (χ3v) is 3.95. The number of benzene rings is 1. The molecule has 1 N–H and O–H groups in total. The van der Waals surface area contributed by atoms with Crippen LogP contribution in [0.5, 0.6) is 5.75 Å². The van der Waals surface area contributed by atoms with Gasteiger partial charge in [-0.3, -0.25) is 10.2 Å². The van der Waals surface area contributed by atoms with Crippen molar-refractivity contribution in [3.8, 4) is 5.75 Å². The van der Waals surface area contributed by atoms with Crippen molar-refractivity contribution in [3.05, 3.63) is 35.9 Å². The molecule has 1 aromatic carbocycles. The van der Waals surface area contributed by atoms with Crippen LogP contribution in [0.25, 0.3) is 6.08 Å². The minimum Gasteiger partial charge on any atom is -0.494 e. The summed E-state index contributed by atoms with van der Waals surface area (Å²) in [5, 5.41) is 2.00. The van der Waals surface area contributed by atoms with Crippen LogP contribution in [0.2, 0.25) is 0 Å². The van der Waals surface area contributed by atoms with Crippen LogP contribution in [-0.2, 0) is 4.79 Å². The standard InChI is InChI=1S/C19H28N2O2/c1-2-3-7-16-23-18-11-8-17(9-12-18)10-13-19(22)20-21-14-5-4-6-15-21/h8-13H,2-7,14-16H2,1H3,(H,20,22). The zero-order valence-electron chi connectivity index (χ0n) is 14.1. The summed E-state index contributed by atoms with van der Waals surface area (Å²) in [4.78, 5) is 11.9. The minimum atomic E-state index is -0.0632. The molecule has 4 heteroatoms. The van der Waals surface area contributed by atoms with Crippen LogP contribution >= 0.6 is 0 Å². The minimum absolute atomic E-state index is 0.0632. The van der Waals surface area contributed by atoms with Crippen LogP contribution in [0.1, 0.15) is 51.0 Å². The SMILES string of the molecule is CCCCCOc1ccc(C=CC(=O)NN2CCCCC2)cc1. The maximum absolute atomic E-state index is 11.9. The maximum Gasteiger partial charge on any atom is 0.258 e. The number of piperidine rings is 1. The summed E-state index contributed by atoms with van der Waals surface area (Å²) >= 11 is 0. The fourth-order valence-electron chi connectivity index (χ4n) is 2.59. The molecule has 1 heterocycles. The van der Waals surface area contributed by atoms with Crippen LogP contribution in [-0.4, -0.2) is 30.6 Å². The number of nitrogens with zero attached hydrogens (tertiary/aromatic N) is 1.